The molecule has 1 aromatic heterocycles. The highest BCUT2D eigenvalue weighted by Gasteiger charge is 2.34. The molecule has 2 fully saturated rings. The molecule has 0 radical (unpaired) electrons. The maximum absolute atomic E-state index is 14.6. The molecule has 0 unspecified atom stereocenters. The van der Waals surface area contributed by atoms with E-state index in [0.29, 0.717) is 30.9 Å². The van der Waals surface area contributed by atoms with Crippen molar-refractivity contribution >= 4 is 28.8 Å². The molecule has 1 saturated heterocycles. The minimum atomic E-state index is -0.642. The lowest BCUT2D eigenvalue weighted by atomic mass is 9.91. The Morgan fingerprint density at radius 2 is 1.67 bits per heavy atom. The molecule has 8 nitrogen and oxygen atoms in total. The van der Waals surface area contributed by atoms with Crippen LogP contribution in [0.5, 0.6) is 0 Å². The Morgan fingerprint density at radius 1 is 0.976 bits per heavy atom. The van der Waals surface area contributed by atoms with Gasteiger partial charge < -0.3 is 14.5 Å². The van der Waals surface area contributed by atoms with E-state index in [-0.39, 0.29) is 30.9 Å². The first-order valence-corrected chi connectivity index (χ1v) is 15.2. The largest absolute Gasteiger partial charge is 0.444 e. The lowest BCUT2D eigenvalue weighted by Crippen LogP contribution is -2.53. The number of hydrogen-bond donors (Lipinski definition) is 0. The van der Waals surface area contributed by atoms with Crippen LogP contribution >= 0.6 is 0 Å². The summed E-state index contributed by atoms with van der Waals surface area (Å²) in [6.07, 6.45) is 4.99. The van der Waals surface area contributed by atoms with E-state index >= 15 is 0 Å². The Morgan fingerprint density at radius 3 is 2.33 bits per heavy atom. The third-order valence-electron chi connectivity index (χ3n) is 8.19. The topological polar surface area (TPSA) is 83.0 Å². The van der Waals surface area contributed by atoms with Crippen LogP contribution in [0, 0.1) is 0 Å². The fourth-order valence-corrected chi connectivity index (χ4v) is 6.14. The second kappa shape index (κ2) is 12.5. The minimum Gasteiger partial charge on any atom is -0.444 e. The fourth-order valence-electron chi connectivity index (χ4n) is 6.14. The van der Waals surface area contributed by atoms with E-state index in [1.54, 1.807) is 4.90 Å². The van der Waals surface area contributed by atoms with Gasteiger partial charge in [0.25, 0.3) is 5.91 Å². The van der Waals surface area contributed by atoms with Crippen LogP contribution in [0.1, 0.15) is 75.7 Å². The Bertz CT molecular complexity index is 1440. The van der Waals surface area contributed by atoms with Crippen LogP contribution in [0.3, 0.4) is 0 Å². The number of fused-ring (bicyclic) bond motifs is 1. The Balaban J connectivity index is 1.57. The summed E-state index contributed by atoms with van der Waals surface area (Å²) in [6, 6.07) is 17.9. The number of benzene rings is 2. The molecule has 3 amide bonds. The number of pyridine rings is 1. The number of amides is 3. The van der Waals surface area contributed by atoms with Crippen LogP contribution in [0.2, 0.25) is 0 Å². The molecule has 0 N–H and O–H groups in total. The molecule has 1 saturated carbocycles. The average Bonchev–Trinajstić information content (AvgIpc) is 2.98. The third-order valence-corrected chi connectivity index (χ3v) is 8.19. The van der Waals surface area contributed by atoms with Crippen molar-refractivity contribution in [2.75, 3.05) is 26.2 Å². The highest BCUT2D eigenvalue weighted by atomic mass is 16.6. The predicted octanol–water partition coefficient (Wildman–Crippen LogP) is 6.28. The Hall–Kier alpha value is -3.94. The zero-order valence-corrected chi connectivity index (χ0v) is 25.3. The molecule has 42 heavy (non-hydrogen) atoms. The van der Waals surface area contributed by atoms with Crippen LogP contribution in [0.4, 0.5) is 4.79 Å². The Labute approximate surface area is 248 Å². The van der Waals surface area contributed by atoms with Crippen LogP contribution in [-0.4, -0.2) is 75.4 Å². The third kappa shape index (κ3) is 6.42. The van der Waals surface area contributed by atoms with Crippen molar-refractivity contribution in [3.63, 3.8) is 0 Å². The summed E-state index contributed by atoms with van der Waals surface area (Å²) in [5, 5.41) is 0.797. The second-order valence-corrected chi connectivity index (χ2v) is 12.3. The van der Waals surface area contributed by atoms with E-state index in [4.69, 9.17) is 9.72 Å². The van der Waals surface area contributed by atoms with E-state index in [1.807, 2.05) is 87.2 Å². The maximum atomic E-state index is 14.6. The minimum absolute atomic E-state index is 0.00461. The van der Waals surface area contributed by atoms with E-state index in [2.05, 4.69) is 0 Å². The monoisotopic (exact) mass is 570 g/mol. The van der Waals surface area contributed by atoms with Gasteiger partial charge in [-0.3, -0.25) is 14.5 Å². The number of hydrogen-bond acceptors (Lipinski definition) is 5. The lowest BCUT2D eigenvalue weighted by Gasteiger charge is -2.37. The number of piperazine rings is 1. The van der Waals surface area contributed by atoms with Crippen molar-refractivity contribution < 1.29 is 19.1 Å². The normalized spacial score (nSPS) is 16.5. The number of para-hydroxylation sites is 1. The van der Waals surface area contributed by atoms with E-state index in [1.165, 1.54) is 11.3 Å². The maximum Gasteiger partial charge on any atom is 0.410 e. The van der Waals surface area contributed by atoms with Crippen LogP contribution in [0.25, 0.3) is 22.2 Å². The molecule has 0 bridgehead atoms. The van der Waals surface area contributed by atoms with Gasteiger partial charge in [0, 0.05) is 48.7 Å². The number of ether oxygens (including phenoxy) is 1. The lowest BCUT2D eigenvalue weighted by molar-refractivity contribution is -0.136. The van der Waals surface area contributed by atoms with Crippen LogP contribution in [-0.2, 0) is 16.1 Å². The van der Waals surface area contributed by atoms with E-state index in [0.717, 1.165) is 47.7 Å². The van der Waals surface area contributed by atoms with Crippen molar-refractivity contribution in [2.24, 2.45) is 0 Å². The smallest absolute Gasteiger partial charge is 0.410 e. The van der Waals surface area contributed by atoms with Gasteiger partial charge in [0.1, 0.15) is 12.1 Å². The van der Waals surface area contributed by atoms with Crippen LogP contribution in [0.15, 0.2) is 54.6 Å². The first-order chi connectivity index (χ1) is 20.2. The quantitative estimate of drug-likeness (QED) is 0.349. The van der Waals surface area contributed by atoms with Crippen molar-refractivity contribution in [2.45, 2.75) is 78.0 Å². The fraction of sp³-hybridized carbons (Fsp3) is 0.471. The zero-order chi connectivity index (χ0) is 29.9. The summed E-state index contributed by atoms with van der Waals surface area (Å²) >= 11 is 0. The summed E-state index contributed by atoms with van der Waals surface area (Å²) in [6.45, 7) is 8.96. The van der Waals surface area contributed by atoms with E-state index in [9.17, 15) is 14.4 Å². The SMILES string of the molecule is CCN(C(=O)c1c(CN2CCN(C(=O)OC(C)(C)C)CC2=O)c(-c2ccccc2)nc2ccccc12)C1CCCCC1. The number of aromatic nitrogens is 1. The molecule has 1 aliphatic carbocycles. The molecule has 2 aromatic carbocycles. The standard InChI is InChI=1S/C34H42N4O4/c1-5-38(25-16-10-7-11-17-25)32(40)30-26-18-12-13-19-28(26)35-31(24-14-8-6-9-15-24)27(30)22-36-20-21-37(23-29(36)39)33(41)42-34(2,3)4/h6,8-9,12-15,18-19,25H,5,7,10-11,16-17,20-23H2,1-4H3. The van der Waals surface area contributed by atoms with Crippen molar-refractivity contribution in [1.29, 1.82) is 0 Å². The Kier molecular flexibility index (Phi) is 8.80. The highest BCUT2D eigenvalue weighted by Crippen LogP contribution is 2.34. The van der Waals surface area contributed by atoms with E-state index < -0.39 is 11.7 Å². The molecule has 0 atom stereocenters. The summed E-state index contributed by atoms with van der Waals surface area (Å²) in [5.74, 6) is -0.188. The van der Waals surface area contributed by atoms with Gasteiger partial charge in [-0.05, 0) is 46.6 Å². The number of rotatable bonds is 6. The van der Waals surface area contributed by atoms with Gasteiger partial charge in [-0.2, -0.15) is 0 Å². The molecular formula is C34H42N4O4. The van der Waals surface area contributed by atoms with Gasteiger partial charge in [0.2, 0.25) is 5.91 Å². The van der Waals surface area contributed by atoms with Crippen LogP contribution < -0.4 is 0 Å². The van der Waals surface area contributed by atoms with Crippen molar-refractivity contribution in [3.05, 3.63) is 65.7 Å². The first kappa shape index (κ1) is 29.5. The first-order valence-electron chi connectivity index (χ1n) is 15.2. The van der Waals surface area contributed by atoms with Gasteiger partial charge in [0.05, 0.1) is 16.8 Å². The van der Waals surface area contributed by atoms with Crippen molar-refractivity contribution in [3.8, 4) is 11.3 Å². The predicted molar refractivity (Wildman–Crippen MR) is 164 cm³/mol. The molecule has 3 aromatic rings. The van der Waals surface area contributed by atoms with Gasteiger partial charge in [-0.25, -0.2) is 9.78 Å². The molecule has 5 rings (SSSR count). The molecule has 1 aliphatic heterocycles. The molecule has 2 heterocycles. The molecular weight excluding hydrogens is 528 g/mol. The molecule has 0 spiro atoms. The summed E-state index contributed by atoms with van der Waals surface area (Å²) < 4.78 is 5.51. The van der Waals surface area contributed by atoms with Gasteiger partial charge in [-0.1, -0.05) is 67.8 Å². The number of carbonyl (C=O) groups is 3. The molecule has 8 heteroatoms. The summed E-state index contributed by atoms with van der Waals surface area (Å²) in [4.78, 5) is 51.1. The molecule has 2 aliphatic rings. The van der Waals surface area contributed by atoms with Gasteiger partial charge in [0.15, 0.2) is 0 Å². The summed E-state index contributed by atoms with van der Waals surface area (Å²) in [7, 11) is 0. The van der Waals surface area contributed by atoms with Crippen molar-refractivity contribution in [1.82, 2.24) is 19.7 Å². The molecule has 222 valence electrons. The highest BCUT2D eigenvalue weighted by molar-refractivity contribution is 6.09. The summed E-state index contributed by atoms with van der Waals surface area (Å²) in [5.41, 5.74) is 3.08. The van der Waals surface area contributed by atoms with Gasteiger partial charge >= 0.3 is 6.09 Å². The number of nitrogens with zero attached hydrogens (tertiary/aromatic N) is 4. The average molecular weight is 571 g/mol. The number of carbonyl (C=O) groups excluding carboxylic acids is 3. The van der Waals surface area contributed by atoms with Gasteiger partial charge in [-0.15, -0.1) is 0 Å². The second-order valence-electron chi connectivity index (χ2n) is 12.3. The zero-order valence-electron chi connectivity index (χ0n) is 25.3.